The van der Waals surface area contributed by atoms with Gasteiger partial charge in [0, 0.05) is 19.3 Å². The highest BCUT2D eigenvalue weighted by Gasteiger charge is 2.33. The third kappa shape index (κ3) is 3.40. The van der Waals surface area contributed by atoms with Gasteiger partial charge in [0.2, 0.25) is 10.0 Å². The number of aliphatic hydroxyl groups excluding tert-OH is 1. The van der Waals surface area contributed by atoms with Gasteiger partial charge in [-0.25, -0.2) is 13.1 Å². The third-order valence-electron chi connectivity index (χ3n) is 3.65. The summed E-state index contributed by atoms with van der Waals surface area (Å²) in [7, 11) is -3.31. The van der Waals surface area contributed by atoms with E-state index in [-0.39, 0.29) is 11.3 Å². The Balaban J connectivity index is 1.95. The summed E-state index contributed by atoms with van der Waals surface area (Å²) in [6.07, 6.45) is 3.98. The van der Waals surface area contributed by atoms with E-state index in [1.54, 1.807) is 0 Å². The molecule has 2 rings (SSSR count). The zero-order valence-electron chi connectivity index (χ0n) is 9.97. The summed E-state index contributed by atoms with van der Waals surface area (Å²) in [5, 5.41) is 9.42. The highest BCUT2D eigenvalue weighted by atomic mass is 32.2. The van der Waals surface area contributed by atoms with Crippen molar-refractivity contribution in [3.63, 3.8) is 0 Å². The average Bonchev–Trinajstić information content (AvgIpc) is 2.33. The van der Waals surface area contributed by atoms with Gasteiger partial charge in [-0.15, -0.1) is 0 Å². The number of aliphatic hydroxyl groups is 1. The van der Waals surface area contributed by atoms with Gasteiger partial charge in [0.25, 0.3) is 0 Å². The SMILES string of the molecule is O=S(=O)(NC1CCCCC1O)C1CCOCC1. The maximum absolute atomic E-state index is 12.1. The van der Waals surface area contributed by atoms with Gasteiger partial charge in [-0.05, 0) is 25.7 Å². The van der Waals surface area contributed by atoms with Gasteiger partial charge in [0.05, 0.1) is 11.4 Å². The highest BCUT2D eigenvalue weighted by molar-refractivity contribution is 7.90. The fourth-order valence-electron chi connectivity index (χ4n) is 2.54. The van der Waals surface area contributed by atoms with Crippen molar-refractivity contribution in [1.82, 2.24) is 4.72 Å². The molecule has 0 aromatic rings. The molecular formula is C11H21NO4S. The largest absolute Gasteiger partial charge is 0.391 e. The number of ether oxygens (including phenoxy) is 1. The fourth-order valence-corrected chi connectivity index (χ4v) is 4.24. The van der Waals surface area contributed by atoms with Gasteiger partial charge in [0.1, 0.15) is 0 Å². The second-order valence-electron chi connectivity index (χ2n) is 4.93. The van der Waals surface area contributed by atoms with E-state index >= 15 is 0 Å². The first-order chi connectivity index (χ1) is 8.09. The fraction of sp³-hybridized carbons (Fsp3) is 1.00. The molecule has 1 heterocycles. The molecule has 1 aliphatic heterocycles. The van der Waals surface area contributed by atoms with Crippen LogP contribution in [0.15, 0.2) is 0 Å². The number of hydrogen-bond donors (Lipinski definition) is 2. The molecule has 2 atom stereocenters. The molecule has 2 fully saturated rings. The van der Waals surface area contributed by atoms with Crippen LogP contribution in [0.3, 0.4) is 0 Å². The van der Waals surface area contributed by atoms with E-state index in [1.807, 2.05) is 0 Å². The molecule has 0 amide bonds. The second kappa shape index (κ2) is 5.65. The van der Waals surface area contributed by atoms with Crippen LogP contribution < -0.4 is 4.72 Å². The van der Waals surface area contributed by atoms with Gasteiger partial charge >= 0.3 is 0 Å². The van der Waals surface area contributed by atoms with E-state index in [2.05, 4.69) is 4.72 Å². The van der Waals surface area contributed by atoms with Crippen LogP contribution in [0.25, 0.3) is 0 Å². The van der Waals surface area contributed by atoms with Gasteiger partial charge < -0.3 is 9.84 Å². The Morgan fingerprint density at radius 2 is 1.71 bits per heavy atom. The summed E-state index contributed by atoms with van der Waals surface area (Å²) in [4.78, 5) is 0. The van der Waals surface area contributed by atoms with E-state index in [0.29, 0.717) is 32.5 Å². The number of sulfonamides is 1. The van der Waals surface area contributed by atoms with Crippen molar-refractivity contribution in [2.45, 2.75) is 55.9 Å². The molecule has 2 N–H and O–H groups in total. The van der Waals surface area contributed by atoms with Crippen molar-refractivity contribution >= 4 is 10.0 Å². The molecule has 1 saturated heterocycles. The molecule has 0 bridgehead atoms. The minimum Gasteiger partial charge on any atom is -0.391 e. The number of rotatable bonds is 3. The summed E-state index contributed by atoms with van der Waals surface area (Å²) in [6, 6.07) is -0.295. The van der Waals surface area contributed by atoms with E-state index in [4.69, 9.17) is 4.74 Å². The van der Waals surface area contributed by atoms with Crippen LogP contribution in [0, 0.1) is 0 Å². The zero-order chi connectivity index (χ0) is 12.3. The molecule has 1 saturated carbocycles. The summed E-state index contributed by atoms with van der Waals surface area (Å²) in [5.74, 6) is 0. The standard InChI is InChI=1S/C11H21NO4S/c13-11-4-2-1-3-10(11)12-17(14,15)9-5-7-16-8-6-9/h9-13H,1-8H2. The van der Waals surface area contributed by atoms with Crippen LogP contribution in [-0.4, -0.2) is 44.1 Å². The average molecular weight is 263 g/mol. The van der Waals surface area contributed by atoms with Crippen molar-refractivity contribution < 1.29 is 18.3 Å². The first-order valence-corrected chi connectivity index (χ1v) is 7.91. The van der Waals surface area contributed by atoms with Crippen molar-refractivity contribution in [2.75, 3.05) is 13.2 Å². The van der Waals surface area contributed by atoms with E-state index in [9.17, 15) is 13.5 Å². The van der Waals surface area contributed by atoms with E-state index in [0.717, 1.165) is 19.3 Å². The lowest BCUT2D eigenvalue weighted by molar-refractivity contribution is 0.0939. The Morgan fingerprint density at radius 3 is 2.35 bits per heavy atom. The second-order valence-corrected chi connectivity index (χ2v) is 6.93. The van der Waals surface area contributed by atoms with Crippen molar-refractivity contribution in [3.05, 3.63) is 0 Å². The molecule has 2 unspecified atom stereocenters. The molecular weight excluding hydrogens is 242 g/mol. The summed E-state index contributed by atoms with van der Waals surface area (Å²) >= 11 is 0. The normalized spacial score (nSPS) is 32.5. The van der Waals surface area contributed by atoms with Crippen molar-refractivity contribution in [1.29, 1.82) is 0 Å². The maximum atomic E-state index is 12.1. The first-order valence-electron chi connectivity index (χ1n) is 6.36. The Labute approximate surface area is 103 Å². The van der Waals surface area contributed by atoms with Crippen LogP contribution in [0.2, 0.25) is 0 Å². The van der Waals surface area contributed by atoms with Crippen LogP contribution in [0.5, 0.6) is 0 Å². The predicted octanol–water partition coefficient (Wildman–Crippen LogP) is 0.388. The Morgan fingerprint density at radius 1 is 1.06 bits per heavy atom. The van der Waals surface area contributed by atoms with Crippen molar-refractivity contribution in [3.8, 4) is 0 Å². The molecule has 5 nitrogen and oxygen atoms in total. The molecule has 0 radical (unpaired) electrons. The van der Waals surface area contributed by atoms with E-state index in [1.165, 1.54) is 0 Å². The predicted molar refractivity (Wildman–Crippen MR) is 64.2 cm³/mol. The molecule has 6 heteroatoms. The first kappa shape index (κ1) is 13.3. The molecule has 0 spiro atoms. The lowest BCUT2D eigenvalue weighted by Crippen LogP contribution is -2.49. The molecule has 17 heavy (non-hydrogen) atoms. The van der Waals surface area contributed by atoms with E-state index < -0.39 is 16.1 Å². The third-order valence-corrected chi connectivity index (χ3v) is 5.63. The van der Waals surface area contributed by atoms with Crippen LogP contribution in [-0.2, 0) is 14.8 Å². The number of hydrogen-bond acceptors (Lipinski definition) is 4. The quantitative estimate of drug-likeness (QED) is 0.772. The Kier molecular flexibility index (Phi) is 4.41. The van der Waals surface area contributed by atoms with Gasteiger partial charge in [0.15, 0.2) is 0 Å². The molecule has 0 aromatic carbocycles. The van der Waals surface area contributed by atoms with Crippen LogP contribution in [0.1, 0.15) is 38.5 Å². The zero-order valence-corrected chi connectivity index (χ0v) is 10.8. The Bertz CT molecular complexity index is 337. The molecule has 1 aliphatic carbocycles. The van der Waals surface area contributed by atoms with Gasteiger partial charge in [-0.3, -0.25) is 0 Å². The molecule has 0 aromatic heterocycles. The molecule has 100 valence electrons. The minimum absolute atomic E-state index is 0.295. The summed E-state index contributed by atoms with van der Waals surface area (Å²) in [5.41, 5.74) is 0. The van der Waals surface area contributed by atoms with Gasteiger partial charge in [-0.2, -0.15) is 0 Å². The summed E-state index contributed by atoms with van der Waals surface area (Å²) in [6.45, 7) is 1.03. The minimum atomic E-state index is -3.31. The summed E-state index contributed by atoms with van der Waals surface area (Å²) < 4.78 is 32.1. The maximum Gasteiger partial charge on any atom is 0.214 e. The monoisotopic (exact) mass is 263 g/mol. The van der Waals surface area contributed by atoms with Crippen LogP contribution in [0.4, 0.5) is 0 Å². The topological polar surface area (TPSA) is 75.6 Å². The lowest BCUT2D eigenvalue weighted by Gasteiger charge is -2.30. The molecule has 2 aliphatic rings. The Hall–Kier alpha value is -0.170. The lowest BCUT2D eigenvalue weighted by atomic mass is 9.93. The smallest absolute Gasteiger partial charge is 0.214 e. The van der Waals surface area contributed by atoms with Crippen molar-refractivity contribution in [2.24, 2.45) is 0 Å². The highest BCUT2D eigenvalue weighted by Crippen LogP contribution is 2.21. The van der Waals surface area contributed by atoms with Gasteiger partial charge in [-0.1, -0.05) is 12.8 Å². The van der Waals surface area contributed by atoms with Crippen LogP contribution >= 0.6 is 0 Å². The number of nitrogens with one attached hydrogen (secondary N) is 1.